The van der Waals surface area contributed by atoms with E-state index in [1.54, 1.807) is 11.3 Å². The molecule has 0 bridgehead atoms. The van der Waals surface area contributed by atoms with E-state index >= 15 is 0 Å². The van der Waals surface area contributed by atoms with Crippen LogP contribution in [0.2, 0.25) is 0 Å². The van der Waals surface area contributed by atoms with E-state index in [0.717, 1.165) is 30.5 Å². The van der Waals surface area contributed by atoms with Crippen molar-refractivity contribution in [3.05, 3.63) is 51.2 Å². The van der Waals surface area contributed by atoms with Crippen molar-refractivity contribution in [2.75, 3.05) is 11.9 Å². The summed E-state index contributed by atoms with van der Waals surface area (Å²) in [6, 6.07) is 9.67. The smallest absolute Gasteiger partial charge is 0.261 e. The molecule has 5 heteroatoms. The van der Waals surface area contributed by atoms with Crippen molar-refractivity contribution < 1.29 is 9.59 Å². The van der Waals surface area contributed by atoms with Crippen LogP contribution in [0, 0.1) is 0 Å². The van der Waals surface area contributed by atoms with E-state index in [1.165, 1.54) is 16.9 Å². The minimum absolute atomic E-state index is 0.0144. The van der Waals surface area contributed by atoms with Gasteiger partial charge in [0.2, 0.25) is 5.91 Å². The van der Waals surface area contributed by atoms with Crippen molar-refractivity contribution in [2.24, 2.45) is 0 Å². The topological polar surface area (TPSA) is 58.2 Å². The van der Waals surface area contributed by atoms with E-state index in [4.69, 9.17) is 0 Å². The summed E-state index contributed by atoms with van der Waals surface area (Å²) in [6.07, 6.45) is 4.17. The fourth-order valence-corrected chi connectivity index (χ4v) is 4.00. The summed E-state index contributed by atoms with van der Waals surface area (Å²) in [5.41, 5.74) is 3.19. The predicted molar refractivity (Wildman–Crippen MR) is 93.1 cm³/mol. The van der Waals surface area contributed by atoms with Crippen LogP contribution in [0.15, 0.2) is 30.3 Å². The number of aryl methyl sites for hydroxylation is 3. The van der Waals surface area contributed by atoms with E-state index in [2.05, 4.69) is 10.6 Å². The Balaban J connectivity index is 1.55. The molecule has 0 unspecified atom stereocenters. The Kier molecular flexibility index (Phi) is 4.76. The molecule has 0 aliphatic heterocycles. The zero-order chi connectivity index (χ0) is 16.2. The fraction of sp³-hybridized carbons (Fsp3) is 0.333. The molecule has 0 saturated heterocycles. The Morgan fingerprint density at radius 2 is 2.04 bits per heavy atom. The Labute approximate surface area is 139 Å². The average Bonchev–Trinajstić information content (AvgIpc) is 3.14. The van der Waals surface area contributed by atoms with Gasteiger partial charge in [-0.25, -0.2) is 0 Å². The summed E-state index contributed by atoms with van der Waals surface area (Å²) >= 11 is 1.55. The number of carbonyl (C=O) groups excluding carboxylic acids is 2. The van der Waals surface area contributed by atoms with E-state index in [0.29, 0.717) is 4.88 Å². The number of rotatable bonds is 5. The largest absolute Gasteiger partial charge is 0.342 e. The second-order valence-corrected chi connectivity index (χ2v) is 6.79. The molecule has 0 spiro atoms. The van der Waals surface area contributed by atoms with E-state index in [1.807, 2.05) is 37.3 Å². The first kappa shape index (κ1) is 15.7. The number of hydrogen-bond donors (Lipinski definition) is 2. The van der Waals surface area contributed by atoms with E-state index in [-0.39, 0.29) is 18.4 Å². The maximum absolute atomic E-state index is 12.1. The summed E-state index contributed by atoms with van der Waals surface area (Å²) in [5, 5.41) is 5.56. The highest BCUT2D eigenvalue weighted by Gasteiger charge is 2.18. The SMILES string of the molecule is CCc1ccccc1NC(=O)CNC(=O)c1cc2c(s1)CCC2. The lowest BCUT2D eigenvalue weighted by atomic mass is 10.1. The lowest BCUT2D eigenvalue weighted by molar-refractivity contribution is -0.115. The van der Waals surface area contributed by atoms with Gasteiger partial charge >= 0.3 is 0 Å². The number of para-hydroxylation sites is 1. The normalized spacial score (nSPS) is 12.7. The van der Waals surface area contributed by atoms with Gasteiger partial charge in [0.05, 0.1) is 11.4 Å². The second kappa shape index (κ2) is 6.96. The quantitative estimate of drug-likeness (QED) is 0.886. The van der Waals surface area contributed by atoms with Crippen LogP contribution < -0.4 is 10.6 Å². The van der Waals surface area contributed by atoms with Crippen LogP contribution >= 0.6 is 11.3 Å². The standard InChI is InChI=1S/C18H20N2O2S/c1-2-12-6-3-4-8-14(12)20-17(21)11-19-18(22)16-10-13-7-5-9-15(13)23-16/h3-4,6,8,10H,2,5,7,9,11H2,1H3,(H,19,22)(H,20,21). The Morgan fingerprint density at radius 3 is 2.83 bits per heavy atom. The number of anilines is 1. The van der Waals surface area contributed by atoms with Gasteiger partial charge in [-0.15, -0.1) is 11.3 Å². The second-order valence-electron chi connectivity index (χ2n) is 5.65. The monoisotopic (exact) mass is 328 g/mol. The van der Waals surface area contributed by atoms with Crippen molar-refractivity contribution in [1.82, 2.24) is 5.32 Å². The van der Waals surface area contributed by atoms with Gasteiger partial charge in [-0.05, 0) is 48.9 Å². The molecule has 2 aromatic rings. The molecule has 1 aliphatic rings. The zero-order valence-electron chi connectivity index (χ0n) is 13.1. The summed E-state index contributed by atoms with van der Waals surface area (Å²) < 4.78 is 0. The molecule has 1 aromatic heterocycles. The van der Waals surface area contributed by atoms with E-state index in [9.17, 15) is 9.59 Å². The molecule has 1 aromatic carbocycles. The van der Waals surface area contributed by atoms with Crippen LogP contribution in [-0.4, -0.2) is 18.4 Å². The van der Waals surface area contributed by atoms with Crippen molar-refractivity contribution >= 4 is 28.8 Å². The molecule has 2 amide bonds. The Hall–Kier alpha value is -2.14. The summed E-state index contributed by atoms with van der Waals surface area (Å²) in [5.74, 6) is -0.369. The van der Waals surface area contributed by atoms with Gasteiger partial charge in [0.25, 0.3) is 5.91 Å². The van der Waals surface area contributed by atoms with E-state index < -0.39 is 0 Å². The molecule has 3 rings (SSSR count). The first-order valence-corrected chi connectivity index (χ1v) is 8.76. The van der Waals surface area contributed by atoms with Crippen molar-refractivity contribution in [2.45, 2.75) is 32.6 Å². The molecule has 0 saturated carbocycles. The molecule has 2 N–H and O–H groups in total. The third-order valence-electron chi connectivity index (χ3n) is 4.05. The van der Waals surface area contributed by atoms with Crippen LogP contribution in [0.3, 0.4) is 0 Å². The van der Waals surface area contributed by atoms with Crippen LogP contribution in [0.25, 0.3) is 0 Å². The molecular formula is C18H20N2O2S. The molecule has 0 atom stereocenters. The maximum atomic E-state index is 12.1. The third-order valence-corrected chi connectivity index (χ3v) is 5.29. The molecule has 1 aliphatic carbocycles. The van der Waals surface area contributed by atoms with Gasteiger partial charge in [0.15, 0.2) is 0 Å². The van der Waals surface area contributed by atoms with Gasteiger partial charge in [0.1, 0.15) is 0 Å². The number of carbonyl (C=O) groups is 2. The zero-order valence-corrected chi connectivity index (χ0v) is 14.0. The molecule has 23 heavy (non-hydrogen) atoms. The number of amides is 2. The number of benzene rings is 1. The molecule has 1 heterocycles. The molecular weight excluding hydrogens is 308 g/mol. The number of thiophene rings is 1. The Bertz CT molecular complexity index is 715. The van der Waals surface area contributed by atoms with Crippen LogP contribution in [0.1, 0.15) is 39.0 Å². The highest BCUT2D eigenvalue weighted by Crippen LogP contribution is 2.30. The Morgan fingerprint density at radius 1 is 1.22 bits per heavy atom. The van der Waals surface area contributed by atoms with Gasteiger partial charge in [-0.3, -0.25) is 9.59 Å². The third kappa shape index (κ3) is 3.62. The summed E-state index contributed by atoms with van der Waals surface area (Å²) in [7, 11) is 0. The average molecular weight is 328 g/mol. The highest BCUT2D eigenvalue weighted by atomic mass is 32.1. The van der Waals surface area contributed by atoms with Crippen LogP contribution in [0.5, 0.6) is 0 Å². The van der Waals surface area contributed by atoms with Crippen molar-refractivity contribution in [1.29, 1.82) is 0 Å². The number of fused-ring (bicyclic) bond motifs is 1. The van der Waals surface area contributed by atoms with Gasteiger partial charge < -0.3 is 10.6 Å². The van der Waals surface area contributed by atoms with Crippen molar-refractivity contribution in [3.8, 4) is 0 Å². The minimum Gasteiger partial charge on any atom is -0.342 e. The van der Waals surface area contributed by atoms with Crippen LogP contribution in [-0.2, 0) is 24.1 Å². The van der Waals surface area contributed by atoms with Gasteiger partial charge in [-0.1, -0.05) is 25.1 Å². The highest BCUT2D eigenvalue weighted by molar-refractivity contribution is 7.14. The fourth-order valence-electron chi connectivity index (χ4n) is 2.83. The lowest BCUT2D eigenvalue weighted by Gasteiger charge is -2.10. The molecule has 4 nitrogen and oxygen atoms in total. The molecule has 0 fully saturated rings. The number of nitrogens with one attached hydrogen (secondary N) is 2. The summed E-state index contributed by atoms with van der Waals surface area (Å²) in [4.78, 5) is 26.2. The molecule has 120 valence electrons. The minimum atomic E-state index is -0.205. The lowest BCUT2D eigenvalue weighted by Crippen LogP contribution is -2.32. The summed E-state index contributed by atoms with van der Waals surface area (Å²) in [6.45, 7) is 2.03. The molecule has 0 radical (unpaired) electrons. The van der Waals surface area contributed by atoms with Crippen molar-refractivity contribution in [3.63, 3.8) is 0 Å². The van der Waals surface area contributed by atoms with Gasteiger partial charge in [-0.2, -0.15) is 0 Å². The number of hydrogen-bond acceptors (Lipinski definition) is 3. The maximum Gasteiger partial charge on any atom is 0.261 e. The predicted octanol–water partition coefficient (Wildman–Crippen LogP) is 3.17. The first-order valence-electron chi connectivity index (χ1n) is 7.95. The van der Waals surface area contributed by atoms with Gasteiger partial charge in [0, 0.05) is 10.6 Å². The van der Waals surface area contributed by atoms with Crippen LogP contribution in [0.4, 0.5) is 5.69 Å². The first-order chi connectivity index (χ1) is 11.2.